The van der Waals surface area contributed by atoms with Crippen molar-refractivity contribution in [2.45, 2.75) is 39.0 Å². The molecule has 1 amide bonds. The standard InChI is InChI=1S/C17H19N3O2S/c1-3-10(2)16(22)20-17-18-9-12-13(19-17)7-11(8-14(12)21)15-5-4-6-23-15/h4-6,9-11H,3,7-8H2,1-2H3,(H,18,19,20,22)/t10-,11+/m0/s1. The summed E-state index contributed by atoms with van der Waals surface area (Å²) in [6.45, 7) is 3.83. The molecule has 5 nitrogen and oxygen atoms in total. The van der Waals surface area contributed by atoms with Crippen LogP contribution in [-0.4, -0.2) is 21.7 Å². The second-order valence-corrected chi connectivity index (χ2v) is 6.88. The lowest BCUT2D eigenvalue weighted by Crippen LogP contribution is -2.24. The monoisotopic (exact) mass is 329 g/mol. The highest BCUT2D eigenvalue weighted by atomic mass is 32.1. The zero-order valence-corrected chi connectivity index (χ0v) is 14.0. The molecule has 0 bridgehead atoms. The maximum absolute atomic E-state index is 12.3. The van der Waals surface area contributed by atoms with E-state index in [1.54, 1.807) is 17.5 Å². The Morgan fingerprint density at radius 1 is 1.48 bits per heavy atom. The first kappa shape index (κ1) is 15.8. The van der Waals surface area contributed by atoms with Crippen molar-refractivity contribution >= 4 is 29.0 Å². The summed E-state index contributed by atoms with van der Waals surface area (Å²) in [6.07, 6.45) is 3.50. The number of nitrogens with zero attached hydrogens (tertiary/aromatic N) is 2. The van der Waals surface area contributed by atoms with Crippen molar-refractivity contribution in [3.05, 3.63) is 39.8 Å². The lowest BCUT2D eigenvalue weighted by Gasteiger charge is -2.22. The van der Waals surface area contributed by atoms with E-state index in [2.05, 4.69) is 21.4 Å². The Morgan fingerprint density at radius 2 is 2.30 bits per heavy atom. The Balaban J connectivity index is 1.83. The summed E-state index contributed by atoms with van der Waals surface area (Å²) in [5, 5.41) is 4.76. The van der Waals surface area contributed by atoms with Crippen LogP contribution in [0.25, 0.3) is 0 Å². The largest absolute Gasteiger partial charge is 0.294 e. The number of carbonyl (C=O) groups is 2. The summed E-state index contributed by atoms with van der Waals surface area (Å²) in [5.41, 5.74) is 1.31. The molecule has 0 aliphatic heterocycles. The molecular weight excluding hydrogens is 310 g/mol. The lowest BCUT2D eigenvalue weighted by molar-refractivity contribution is -0.119. The molecule has 2 aromatic heterocycles. The molecule has 2 aromatic rings. The third-order valence-corrected chi connectivity index (χ3v) is 5.31. The summed E-state index contributed by atoms with van der Waals surface area (Å²) in [6, 6.07) is 4.05. The van der Waals surface area contributed by atoms with Crippen molar-refractivity contribution in [3.63, 3.8) is 0 Å². The molecule has 2 atom stereocenters. The molecule has 23 heavy (non-hydrogen) atoms. The highest BCUT2D eigenvalue weighted by Gasteiger charge is 2.28. The number of anilines is 1. The van der Waals surface area contributed by atoms with Crippen LogP contribution < -0.4 is 5.32 Å². The second kappa shape index (κ2) is 6.58. The topological polar surface area (TPSA) is 72.0 Å². The first-order valence-electron chi connectivity index (χ1n) is 7.81. The lowest BCUT2D eigenvalue weighted by atomic mass is 9.86. The third kappa shape index (κ3) is 3.32. The van der Waals surface area contributed by atoms with E-state index < -0.39 is 0 Å². The molecule has 0 spiro atoms. The summed E-state index contributed by atoms with van der Waals surface area (Å²) in [4.78, 5) is 34.0. The number of nitrogens with one attached hydrogen (secondary N) is 1. The Hall–Kier alpha value is -2.08. The maximum Gasteiger partial charge on any atom is 0.229 e. The molecule has 3 rings (SSSR count). The van der Waals surface area contributed by atoms with Gasteiger partial charge in [-0.05, 0) is 24.3 Å². The Morgan fingerprint density at radius 3 is 3.00 bits per heavy atom. The molecule has 0 unspecified atom stereocenters. The minimum atomic E-state index is -0.0932. The van der Waals surface area contributed by atoms with E-state index in [1.165, 1.54) is 4.88 Å². The van der Waals surface area contributed by atoms with Gasteiger partial charge in [-0.3, -0.25) is 14.9 Å². The first-order chi connectivity index (χ1) is 11.1. The van der Waals surface area contributed by atoms with Gasteiger partial charge in [0.2, 0.25) is 11.9 Å². The van der Waals surface area contributed by atoms with Crippen molar-refractivity contribution in [2.75, 3.05) is 5.32 Å². The highest BCUT2D eigenvalue weighted by molar-refractivity contribution is 7.10. The smallest absolute Gasteiger partial charge is 0.229 e. The van der Waals surface area contributed by atoms with Crippen LogP contribution in [0.2, 0.25) is 0 Å². The average molecular weight is 329 g/mol. The summed E-state index contributed by atoms with van der Waals surface area (Å²) >= 11 is 1.66. The minimum Gasteiger partial charge on any atom is -0.294 e. The number of Topliss-reactive ketones (excluding diaryl/α,β-unsaturated/α-hetero) is 1. The van der Waals surface area contributed by atoms with Gasteiger partial charge >= 0.3 is 0 Å². The van der Waals surface area contributed by atoms with Crippen molar-refractivity contribution in [3.8, 4) is 0 Å². The van der Waals surface area contributed by atoms with Gasteiger partial charge in [0.15, 0.2) is 5.78 Å². The SMILES string of the molecule is CC[C@H](C)C(=O)Nc1ncc2c(n1)C[C@@H](c1cccs1)CC2=O. The number of hydrogen-bond donors (Lipinski definition) is 1. The van der Waals surface area contributed by atoms with Gasteiger partial charge in [-0.2, -0.15) is 0 Å². The van der Waals surface area contributed by atoms with Crippen molar-refractivity contribution < 1.29 is 9.59 Å². The summed E-state index contributed by atoms with van der Waals surface area (Å²) in [7, 11) is 0. The fraction of sp³-hybridized carbons (Fsp3) is 0.412. The van der Waals surface area contributed by atoms with Crippen molar-refractivity contribution in [1.29, 1.82) is 0 Å². The summed E-state index contributed by atoms with van der Waals surface area (Å²) in [5.74, 6) is 0.348. The molecule has 0 aromatic carbocycles. The van der Waals surface area contributed by atoms with Crippen LogP contribution in [0, 0.1) is 5.92 Å². The van der Waals surface area contributed by atoms with Crippen LogP contribution in [0.3, 0.4) is 0 Å². The van der Waals surface area contributed by atoms with E-state index in [0.717, 1.165) is 12.1 Å². The predicted octanol–water partition coefficient (Wildman–Crippen LogP) is 3.44. The van der Waals surface area contributed by atoms with Gasteiger partial charge in [0, 0.05) is 29.3 Å². The van der Waals surface area contributed by atoms with E-state index >= 15 is 0 Å². The highest BCUT2D eigenvalue weighted by Crippen LogP contribution is 2.34. The molecule has 0 saturated carbocycles. The number of rotatable bonds is 4. The Labute approximate surface area is 139 Å². The zero-order valence-electron chi connectivity index (χ0n) is 13.2. The first-order valence-corrected chi connectivity index (χ1v) is 8.69. The average Bonchev–Trinajstić information content (AvgIpc) is 3.08. The third-order valence-electron chi connectivity index (χ3n) is 4.28. The molecule has 1 N–H and O–H groups in total. The number of amides is 1. The van der Waals surface area contributed by atoms with Gasteiger partial charge in [0.25, 0.3) is 0 Å². The van der Waals surface area contributed by atoms with E-state index in [9.17, 15) is 9.59 Å². The fourth-order valence-corrected chi connectivity index (χ4v) is 3.48. The molecule has 0 fully saturated rings. The van der Waals surface area contributed by atoms with E-state index in [-0.39, 0.29) is 29.5 Å². The molecule has 120 valence electrons. The van der Waals surface area contributed by atoms with Gasteiger partial charge in [-0.25, -0.2) is 9.97 Å². The number of thiophene rings is 1. The minimum absolute atomic E-state index is 0.0736. The number of fused-ring (bicyclic) bond motifs is 1. The zero-order chi connectivity index (χ0) is 16.4. The molecule has 0 radical (unpaired) electrons. The molecule has 2 heterocycles. The molecular formula is C17H19N3O2S. The quantitative estimate of drug-likeness (QED) is 0.932. The Kier molecular flexibility index (Phi) is 4.52. The Bertz CT molecular complexity index is 727. The van der Waals surface area contributed by atoms with Gasteiger partial charge in [-0.1, -0.05) is 19.9 Å². The number of ketones is 1. The van der Waals surface area contributed by atoms with Crippen molar-refractivity contribution in [1.82, 2.24) is 9.97 Å². The van der Waals surface area contributed by atoms with Crippen LogP contribution in [0.15, 0.2) is 23.7 Å². The fourth-order valence-electron chi connectivity index (χ4n) is 2.65. The van der Waals surface area contributed by atoms with E-state index in [1.807, 2.05) is 25.3 Å². The van der Waals surface area contributed by atoms with Crippen LogP contribution in [0.1, 0.15) is 53.5 Å². The molecule has 1 aliphatic rings. The van der Waals surface area contributed by atoms with Gasteiger partial charge in [0.1, 0.15) is 0 Å². The molecule has 1 aliphatic carbocycles. The van der Waals surface area contributed by atoms with Crippen LogP contribution in [-0.2, 0) is 11.2 Å². The van der Waals surface area contributed by atoms with Crippen LogP contribution in [0.5, 0.6) is 0 Å². The predicted molar refractivity (Wildman–Crippen MR) is 89.8 cm³/mol. The van der Waals surface area contributed by atoms with E-state index in [0.29, 0.717) is 18.4 Å². The maximum atomic E-state index is 12.3. The van der Waals surface area contributed by atoms with Crippen LogP contribution >= 0.6 is 11.3 Å². The summed E-state index contributed by atoms with van der Waals surface area (Å²) < 4.78 is 0. The molecule has 0 saturated heterocycles. The number of hydrogen-bond acceptors (Lipinski definition) is 5. The van der Waals surface area contributed by atoms with E-state index in [4.69, 9.17) is 0 Å². The molecule has 6 heteroatoms. The number of carbonyl (C=O) groups excluding carboxylic acids is 2. The van der Waals surface area contributed by atoms with Gasteiger partial charge < -0.3 is 0 Å². The second-order valence-electron chi connectivity index (χ2n) is 5.90. The van der Waals surface area contributed by atoms with Crippen LogP contribution in [0.4, 0.5) is 5.95 Å². The van der Waals surface area contributed by atoms with Gasteiger partial charge in [0.05, 0.1) is 11.3 Å². The normalized spacial score (nSPS) is 18.3. The number of aromatic nitrogens is 2. The van der Waals surface area contributed by atoms with Crippen molar-refractivity contribution in [2.24, 2.45) is 5.92 Å². The van der Waals surface area contributed by atoms with Gasteiger partial charge in [-0.15, -0.1) is 11.3 Å².